The number of pyridine rings is 1. The van der Waals surface area contributed by atoms with Crippen molar-refractivity contribution in [3.05, 3.63) is 94.5 Å². The van der Waals surface area contributed by atoms with Crippen LogP contribution in [0.2, 0.25) is 0 Å². The Balaban J connectivity index is 1.18. The van der Waals surface area contributed by atoms with Crippen LogP contribution in [-0.4, -0.2) is 100 Å². The van der Waals surface area contributed by atoms with Gasteiger partial charge in [-0.1, -0.05) is 23.5 Å². The van der Waals surface area contributed by atoms with Crippen LogP contribution < -0.4 is 4.74 Å². The number of aromatic hydroxyl groups is 1. The van der Waals surface area contributed by atoms with Crippen molar-refractivity contribution in [2.45, 2.75) is 54.9 Å². The normalized spacial score (nSPS) is 12.9. The molecular formula is C45H40N10O15S6. The van der Waals surface area contributed by atoms with Crippen LogP contribution in [0.3, 0.4) is 0 Å². The summed E-state index contributed by atoms with van der Waals surface area (Å²) >= 11 is 1.84. The summed E-state index contributed by atoms with van der Waals surface area (Å²) in [5.41, 5.74) is 3.07. The van der Waals surface area contributed by atoms with Gasteiger partial charge in [0.15, 0.2) is 11.3 Å². The SMILES string of the molecule is Cc1ccc2nc3c(C#N)c(C)c(N=Nc4cc(C)c(N=Nc5cc(CO)c(N=Nc6nc7c(S(=O)(=O)O)cc8ccc(S(=O)(=O)O)cc8c7s6)cc5SCCCS(=O)(=O)O)cc4OCCCS(=O)(=O)O)c(O)n3c2c1. The lowest BCUT2D eigenvalue weighted by atomic mass is 10.1. The number of aliphatic hydroxyl groups excluding tert-OH is 1. The van der Waals surface area contributed by atoms with E-state index in [9.17, 15) is 67.4 Å². The molecule has 3 aromatic heterocycles. The molecule has 0 spiro atoms. The highest BCUT2D eigenvalue weighted by atomic mass is 32.2. The van der Waals surface area contributed by atoms with Crippen molar-refractivity contribution in [1.82, 2.24) is 14.4 Å². The summed E-state index contributed by atoms with van der Waals surface area (Å²) in [5, 5.41) is 58.5. The van der Waals surface area contributed by atoms with Crippen molar-refractivity contribution >= 4 is 135 Å². The molecule has 0 bridgehead atoms. The monoisotopic (exact) mass is 1150 g/mol. The summed E-state index contributed by atoms with van der Waals surface area (Å²) in [5.74, 6) is -1.48. The summed E-state index contributed by atoms with van der Waals surface area (Å²) in [4.78, 5) is 7.97. The van der Waals surface area contributed by atoms with Crippen LogP contribution in [0.15, 0.2) is 112 Å². The van der Waals surface area contributed by atoms with Gasteiger partial charge in [0.1, 0.15) is 33.5 Å². The molecule has 0 atom stereocenters. The third-order valence-electron chi connectivity index (χ3n) is 11.3. The van der Waals surface area contributed by atoms with Gasteiger partial charge in [0.2, 0.25) is 11.0 Å². The summed E-state index contributed by atoms with van der Waals surface area (Å²) in [6.07, 6.45) is -0.177. The van der Waals surface area contributed by atoms with Gasteiger partial charge in [-0.2, -0.15) is 44.0 Å². The van der Waals surface area contributed by atoms with E-state index in [4.69, 9.17) is 4.74 Å². The number of aromatic nitrogens is 3. The Kier molecular flexibility index (Phi) is 15.7. The van der Waals surface area contributed by atoms with E-state index in [-0.39, 0.29) is 114 Å². The van der Waals surface area contributed by atoms with E-state index in [1.807, 2.05) is 13.0 Å². The molecule has 0 aliphatic carbocycles. The second-order valence-electron chi connectivity index (χ2n) is 16.7. The molecule has 0 amide bonds. The van der Waals surface area contributed by atoms with E-state index in [1.54, 1.807) is 26.0 Å². The Morgan fingerprint density at radius 2 is 1.45 bits per heavy atom. The molecule has 6 N–H and O–H groups in total. The predicted octanol–water partition coefficient (Wildman–Crippen LogP) is 10.0. The van der Waals surface area contributed by atoms with Crippen LogP contribution in [0.4, 0.5) is 33.6 Å². The number of hydrogen-bond acceptors (Lipinski definition) is 22. The molecule has 8 rings (SSSR count). The van der Waals surface area contributed by atoms with E-state index >= 15 is 0 Å². The van der Waals surface area contributed by atoms with Crippen molar-refractivity contribution < 1.29 is 66.8 Å². The van der Waals surface area contributed by atoms with Gasteiger partial charge in [-0.3, -0.25) is 22.6 Å². The highest BCUT2D eigenvalue weighted by Crippen LogP contribution is 2.44. The molecule has 76 heavy (non-hydrogen) atoms. The van der Waals surface area contributed by atoms with Crippen LogP contribution in [0, 0.1) is 32.1 Å². The number of thioether (sulfide) groups is 1. The number of nitriles is 1. The molecule has 0 radical (unpaired) electrons. The molecule has 3 heterocycles. The van der Waals surface area contributed by atoms with Crippen molar-refractivity contribution in [1.29, 1.82) is 5.26 Å². The zero-order chi connectivity index (χ0) is 55.1. The zero-order valence-electron chi connectivity index (χ0n) is 39.6. The summed E-state index contributed by atoms with van der Waals surface area (Å²) in [6, 6.07) is 17.7. The molecule has 5 aromatic carbocycles. The number of fused-ring (bicyclic) bond motifs is 6. The van der Waals surface area contributed by atoms with Crippen molar-refractivity contribution in [3.63, 3.8) is 0 Å². The molecule has 0 saturated carbocycles. The van der Waals surface area contributed by atoms with E-state index in [2.05, 4.69) is 46.7 Å². The first-order valence-corrected chi connectivity index (χ1v) is 29.8. The molecular weight excluding hydrogens is 1110 g/mol. The fourth-order valence-electron chi connectivity index (χ4n) is 7.64. The van der Waals surface area contributed by atoms with Crippen molar-refractivity contribution in [2.75, 3.05) is 23.9 Å². The number of thiazole rings is 1. The number of aliphatic hydroxyl groups is 1. The van der Waals surface area contributed by atoms with Gasteiger partial charge in [-0.15, -0.1) is 37.3 Å². The number of azo groups is 3. The second kappa shape index (κ2) is 21.6. The van der Waals surface area contributed by atoms with Gasteiger partial charge in [-0.05, 0) is 104 Å². The molecule has 0 aliphatic rings. The van der Waals surface area contributed by atoms with E-state index in [0.29, 0.717) is 21.5 Å². The lowest BCUT2D eigenvalue weighted by Crippen LogP contribution is -2.08. The van der Waals surface area contributed by atoms with Gasteiger partial charge in [0.25, 0.3) is 40.5 Å². The molecule has 8 aromatic rings. The van der Waals surface area contributed by atoms with E-state index in [0.717, 1.165) is 46.9 Å². The minimum atomic E-state index is -4.90. The average molecular weight is 1150 g/mol. The summed E-state index contributed by atoms with van der Waals surface area (Å²) < 4.78 is 141. The largest absolute Gasteiger partial charge is 0.493 e. The summed E-state index contributed by atoms with van der Waals surface area (Å²) in [7, 11) is -18.3. The van der Waals surface area contributed by atoms with Crippen molar-refractivity contribution in [2.24, 2.45) is 30.7 Å². The first-order chi connectivity index (χ1) is 35.7. The number of imidazole rings is 1. The van der Waals surface area contributed by atoms with E-state index in [1.165, 1.54) is 34.7 Å². The first-order valence-electron chi connectivity index (χ1n) is 21.9. The maximum absolute atomic E-state index is 12.5. The lowest BCUT2D eigenvalue weighted by molar-refractivity contribution is 0.282. The highest BCUT2D eigenvalue weighted by molar-refractivity contribution is 7.99. The number of hydrogen-bond donors (Lipinski definition) is 6. The third kappa shape index (κ3) is 12.3. The Morgan fingerprint density at radius 1 is 0.750 bits per heavy atom. The second-order valence-corrected chi connectivity index (χ2v) is 24.8. The number of nitrogens with zero attached hydrogens (tertiary/aromatic N) is 10. The van der Waals surface area contributed by atoms with Gasteiger partial charge >= 0.3 is 0 Å². The molecule has 0 aliphatic heterocycles. The number of ether oxygens (including phenoxy) is 1. The molecule has 0 unspecified atom stereocenters. The highest BCUT2D eigenvalue weighted by Gasteiger charge is 2.24. The van der Waals surface area contributed by atoms with Crippen LogP contribution in [0.5, 0.6) is 11.6 Å². The average Bonchev–Trinajstić information content (AvgIpc) is 3.99. The number of benzene rings is 5. The molecule has 0 fully saturated rings. The van der Waals surface area contributed by atoms with Crippen molar-refractivity contribution in [3.8, 4) is 17.7 Å². The molecule has 25 nitrogen and oxygen atoms in total. The molecule has 0 saturated heterocycles. The minimum absolute atomic E-state index is 0.00175. The Labute approximate surface area is 440 Å². The third-order valence-corrected chi connectivity index (χ3v) is 16.7. The topological polar surface area (TPSA) is 395 Å². The predicted molar refractivity (Wildman–Crippen MR) is 280 cm³/mol. The zero-order valence-corrected chi connectivity index (χ0v) is 44.5. The van der Waals surface area contributed by atoms with Gasteiger partial charge in [-0.25, -0.2) is 9.97 Å². The number of rotatable bonds is 19. The van der Waals surface area contributed by atoms with Gasteiger partial charge in [0, 0.05) is 27.5 Å². The van der Waals surface area contributed by atoms with Gasteiger partial charge in [0.05, 0.1) is 62.4 Å². The lowest BCUT2D eigenvalue weighted by Gasteiger charge is -2.12. The maximum atomic E-state index is 12.5. The standard InChI is InChI=1S/C45H40N10O15S6/c1-23-6-9-31-36(14-23)55-43(47-31)30(21-46)25(3)40(44(55)57)53-51-34-15-24(2)32(19-37(34)70-10-4-12-73(58,59)60)49-52-35-16-27(22-56)33(20-38(35)71-11-5-13-74(61,62)63)50-54-45-48-41-39(76(67,68)69)17-26-7-8-28(75(64,65)66)18-29(26)42(41)72-45/h6-9,14-20,56-57H,4-5,10-13,22H2,1-3H3,(H,58,59,60)(H,61,62,63)(H,64,65,66)(H,67,68,69). The Bertz CT molecular complexity index is 4310. The van der Waals surface area contributed by atoms with Crippen LogP contribution in [0.1, 0.15) is 40.7 Å². The Hall–Kier alpha value is -6.96. The number of aryl methyl sites for hydroxylation is 2. The fraction of sp³-hybridized carbons (Fsp3) is 0.222. The maximum Gasteiger partial charge on any atom is 0.296 e. The Morgan fingerprint density at radius 3 is 2.13 bits per heavy atom. The fourth-order valence-corrected chi connectivity index (χ4v) is 11.9. The molecule has 396 valence electrons. The quantitative estimate of drug-likeness (QED) is 0.0190. The van der Waals surface area contributed by atoms with Crippen LogP contribution in [0.25, 0.3) is 37.7 Å². The van der Waals surface area contributed by atoms with Crippen LogP contribution >= 0.6 is 23.1 Å². The van der Waals surface area contributed by atoms with E-state index < -0.39 is 68.4 Å². The first kappa shape index (κ1) is 55.3. The van der Waals surface area contributed by atoms with Crippen LogP contribution in [-0.2, 0) is 47.1 Å². The minimum Gasteiger partial charge on any atom is -0.493 e. The molecule has 31 heteroatoms. The summed E-state index contributed by atoms with van der Waals surface area (Å²) in [6.45, 7) is 4.16. The smallest absolute Gasteiger partial charge is 0.296 e. The van der Waals surface area contributed by atoms with Gasteiger partial charge < -0.3 is 14.9 Å².